The highest BCUT2D eigenvalue weighted by molar-refractivity contribution is 7.13. The van der Waals surface area contributed by atoms with Gasteiger partial charge in [-0.05, 0) is 90.3 Å². The molecule has 4 saturated carbocycles. The SMILES string of the molecule is Cc1csc(NC(=O)CN(CCCN(C)C)C(=O)C23CC4CC(CC(C4)C2)C3)n1. The third kappa shape index (κ3) is 4.66. The maximum atomic E-state index is 13.8. The maximum absolute atomic E-state index is 13.8. The van der Waals surface area contributed by atoms with Gasteiger partial charge in [-0.25, -0.2) is 4.98 Å². The summed E-state index contributed by atoms with van der Waals surface area (Å²) in [6, 6.07) is 0. The molecule has 6 nitrogen and oxygen atoms in total. The summed E-state index contributed by atoms with van der Waals surface area (Å²) in [6.07, 6.45) is 7.94. The molecule has 1 aromatic rings. The number of hydrogen-bond donors (Lipinski definition) is 1. The van der Waals surface area contributed by atoms with Crippen LogP contribution in [0.2, 0.25) is 0 Å². The minimum absolute atomic E-state index is 0.132. The van der Waals surface area contributed by atoms with Crippen molar-refractivity contribution in [2.45, 2.75) is 51.9 Å². The number of anilines is 1. The van der Waals surface area contributed by atoms with E-state index in [0.29, 0.717) is 11.7 Å². The standard InChI is InChI=1S/C22H34N4O2S/c1-15-14-29-21(23-15)24-19(27)13-26(6-4-5-25(2)3)20(28)22-10-16-7-17(11-22)9-18(8-16)12-22/h14,16-18H,4-13H2,1-3H3,(H,23,24,27). The number of carbonyl (C=O) groups excluding carboxylic acids is 2. The maximum Gasteiger partial charge on any atom is 0.245 e. The van der Waals surface area contributed by atoms with Gasteiger partial charge in [-0.15, -0.1) is 11.3 Å². The summed E-state index contributed by atoms with van der Waals surface area (Å²) in [5.41, 5.74) is 0.697. The fourth-order valence-corrected chi connectivity index (χ4v) is 6.99. The molecular weight excluding hydrogens is 384 g/mol. The Morgan fingerprint density at radius 1 is 1.14 bits per heavy atom. The molecule has 7 heteroatoms. The number of hydrogen-bond acceptors (Lipinski definition) is 5. The van der Waals surface area contributed by atoms with Gasteiger partial charge in [0.25, 0.3) is 0 Å². The van der Waals surface area contributed by atoms with Gasteiger partial charge >= 0.3 is 0 Å². The number of nitrogens with one attached hydrogen (secondary N) is 1. The molecule has 1 heterocycles. The Balaban J connectivity index is 1.45. The van der Waals surface area contributed by atoms with E-state index in [-0.39, 0.29) is 23.8 Å². The van der Waals surface area contributed by atoms with Crippen LogP contribution in [0, 0.1) is 30.1 Å². The quantitative estimate of drug-likeness (QED) is 0.703. The largest absolute Gasteiger partial charge is 0.333 e. The first kappa shape index (κ1) is 20.8. The van der Waals surface area contributed by atoms with Crippen LogP contribution < -0.4 is 5.32 Å². The summed E-state index contributed by atoms with van der Waals surface area (Å²) >= 11 is 1.43. The third-order valence-electron chi connectivity index (χ3n) is 7.01. The number of aryl methyl sites for hydroxylation is 1. The summed E-state index contributed by atoms with van der Waals surface area (Å²) in [5, 5.41) is 5.42. The van der Waals surface area contributed by atoms with Crippen LogP contribution >= 0.6 is 11.3 Å². The number of carbonyl (C=O) groups is 2. The van der Waals surface area contributed by atoms with E-state index >= 15 is 0 Å². The summed E-state index contributed by atoms with van der Waals surface area (Å²) in [7, 11) is 4.09. The number of rotatable bonds is 8. The highest BCUT2D eigenvalue weighted by Gasteiger charge is 2.55. The second-order valence-corrected chi connectivity index (χ2v) is 10.8. The zero-order valence-electron chi connectivity index (χ0n) is 17.9. The molecule has 0 saturated heterocycles. The Hall–Kier alpha value is -1.47. The predicted octanol–water partition coefficient (Wildman–Crippen LogP) is 3.39. The highest BCUT2D eigenvalue weighted by Crippen LogP contribution is 2.60. The highest BCUT2D eigenvalue weighted by atomic mass is 32.1. The molecule has 0 atom stereocenters. The van der Waals surface area contributed by atoms with E-state index in [4.69, 9.17) is 0 Å². The van der Waals surface area contributed by atoms with Gasteiger partial charge in [-0.3, -0.25) is 9.59 Å². The minimum atomic E-state index is -0.203. The molecule has 2 amide bonds. The average Bonchev–Trinajstić information content (AvgIpc) is 3.03. The Morgan fingerprint density at radius 2 is 1.76 bits per heavy atom. The van der Waals surface area contributed by atoms with E-state index in [1.54, 1.807) is 0 Å². The molecule has 0 aliphatic heterocycles. The number of amides is 2. The van der Waals surface area contributed by atoms with Crippen LogP contribution in [0.5, 0.6) is 0 Å². The second kappa shape index (κ2) is 8.34. The van der Waals surface area contributed by atoms with Gasteiger partial charge < -0.3 is 15.1 Å². The number of aromatic nitrogens is 1. The number of thiazole rings is 1. The second-order valence-electron chi connectivity index (χ2n) is 9.92. The summed E-state index contributed by atoms with van der Waals surface area (Å²) in [6.45, 7) is 3.60. The van der Waals surface area contributed by atoms with E-state index in [9.17, 15) is 9.59 Å². The lowest BCUT2D eigenvalue weighted by Gasteiger charge is -2.56. The van der Waals surface area contributed by atoms with E-state index in [1.807, 2.05) is 31.3 Å². The normalized spacial score (nSPS) is 30.0. The zero-order chi connectivity index (χ0) is 20.6. The molecule has 0 aromatic carbocycles. The monoisotopic (exact) mass is 418 g/mol. The molecular formula is C22H34N4O2S. The lowest BCUT2D eigenvalue weighted by atomic mass is 9.49. The van der Waals surface area contributed by atoms with Crippen molar-refractivity contribution in [3.8, 4) is 0 Å². The van der Waals surface area contributed by atoms with Crippen molar-refractivity contribution in [2.75, 3.05) is 39.0 Å². The van der Waals surface area contributed by atoms with E-state index < -0.39 is 0 Å². The van der Waals surface area contributed by atoms with Crippen molar-refractivity contribution in [2.24, 2.45) is 23.2 Å². The van der Waals surface area contributed by atoms with Gasteiger partial charge in [0, 0.05) is 11.9 Å². The summed E-state index contributed by atoms with van der Waals surface area (Å²) < 4.78 is 0. The molecule has 0 spiro atoms. The van der Waals surface area contributed by atoms with Crippen LogP contribution in [0.4, 0.5) is 5.13 Å². The molecule has 0 radical (unpaired) electrons. The Kier molecular flexibility index (Phi) is 5.98. The van der Waals surface area contributed by atoms with Crippen molar-refractivity contribution in [1.29, 1.82) is 0 Å². The topological polar surface area (TPSA) is 65.5 Å². The van der Waals surface area contributed by atoms with Crippen molar-refractivity contribution in [3.63, 3.8) is 0 Å². The van der Waals surface area contributed by atoms with Crippen molar-refractivity contribution >= 4 is 28.3 Å². The molecule has 1 aromatic heterocycles. The molecule has 4 aliphatic rings. The summed E-state index contributed by atoms with van der Waals surface area (Å²) in [5.74, 6) is 2.27. The molecule has 0 unspecified atom stereocenters. The van der Waals surface area contributed by atoms with Crippen LogP contribution in [-0.4, -0.2) is 60.3 Å². The lowest BCUT2D eigenvalue weighted by Crippen LogP contribution is -2.55. The lowest BCUT2D eigenvalue weighted by molar-refractivity contribution is -0.158. The number of nitrogens with zero attached hydrogens (tertiary/aromatic N) is 3. The summed E-state index contributed by atoms with van der Waals surface area (Å²) in [4.78, 5) is 34.8. The molecule has 1 N–H and O–H groups in total. The van der Waals surface area contributed by atoms with Crippen molar-refractivity contribution < 1.29 is 9.59 Å². The van der Waals surface area contributed by atoms with Crippen LogP contribution in [0.25, 0.3) is 0 Å². The van der Waals surface area contributed by atoms with E-state index in [1.165, 1.54) is 30.6 Å². The van der Waals surface area contributed by atoms with Crippen LogP contribution in [0.15, 0.2) is 5.38 Å². The smallest absolute Gasteiger partial charge is 0.245 e. The van der Waals surface area contributed by atoms with E-state index in [0.717, 1.165) is 55.7 Å². The molecule has 4 fully saturated rings. The molecule has 4 aliphatic carbocycles. The van der Waals surface area contributed by atoms with Crippen molar-refractivity contribution in [3.05, 3.63) is 11.1 Å². The van der Waals surface area contributed by atoms with Crippen LogP contribution in [-0.2, 0) is 9.59 Å². The van der Waals surface area contributed by atoms with Crippen LogP contribution in [0.1, 0.15) is 50.6 Å². The third-order valence-corrected chi connectivity index (χ3v) is 7.89. The molecule has 4 bridgehead atoms. The molecule has 160 valence electrons. The fourth-order valence-electron chi connectivity index (χ4n) is 6.28. The van der Waals surface area contributed by atoms with Gasteiger partial charge in [0.15, 0.2) is 5.13 Å². The van der Waals surface area contributed by atoms with Gasteiger partial charge in [0.1, 0.15) is 0 Å². The molecule has 29 heavy (non-hydrogen) atoms. The fraction of sp³-hybridized carbons (Fsp3) is 0.773. The predicted molar refractivity (Wildman–Crippen MR) is 116 cm³/mol. The first-order chi connectivity index (χ1) is 13.8. The Bertz CT molecular complexity index is 724. The van der Waals surface area contributed by atoms with Crippen LogP contribution in [0.3, 0.4) is 0 Å². The van der Waals surface area contributed by atoms with Gasteiger partial charge in [0.05, 0.1) is 17.7 Å². The minimum Gasteiger partial charge on any atom is -0.333 e. The Labute approximate surface area is 178 Å². The van der Waals surface area contributed by atoms with Gasteiger partial charge in [-0.1, -0.05) is 0 Å². The first-order valence-corrected chi connectivity index (χ1v) is 11.9. The zero-order valence-corrected chi connectivity index (χ0v) is 18.8. The van der Waals surface area contributed by atoms with E-state index in [2.05, 4.69) is 15.2 Å². The average molecular weight is 419 g/mol. The van der Waals surface area contributed by atoms with Gasteiger partial charge in [0.2, 0.25) is 11.8 Å². The molecule has 5 rings (SSSR count). The first-order valence-electron chi connectivity index (χ1n) is 11.0. The Morgan fingerprint density at radius 3 is 2.28 bits per heavy atom. The van der Waals surface area contributed by atoms with Crippen molar-refractivity contribution in [1.82, 2.24) is 14.8 Å². The van der Waals surface area contributed by atoms with Gasteiger partial charge in [-0.2, -0.15) is 0 Å².